The zero-order valence-electron chi connectivity index (χ0n) is 28.7. The van der Waals surface area contributed by atoms with Crippen LogP contribution in [0.1, 0.15) is 31.6 Å². The number of aromatic nitrogens is 6. The van der Waals surface area contributed by atoms with Crippen LogP contribution in [-0.2, 0) is 11.2 Å². The highest BCUT2D eigenvalue weighted by atomic mass is 35.5. The molecule has 4 heterocycles. The van der Waals surface area contributed by atoms with E-state index in [4.69, 9.17) is 46.2 Å². The first kappa shape index (κ1) is 37.2. The van der Waals surface area contributed by atoms with E-state index in [9.17, 15) is 14.7 Å². The number of nitrogens with one attached hydrogen (secondary N) is 1. The topological polar surface area (TPSA) is 198 Å². The first-order valence-corrected chi connectivity index (χ1v) is 18.2. The van der Waals surface area contributed by atoms with Crippen molar-refractivity contribution >= 4 is 89.4 Å². The van der Waals surface area contributed by atoms with Gasteiger partial charge in [0.2, 0.25) is 17.7 Å². The highest BCUT2D eigenvalue weighted by molar-refractivity contribution is 7.22. The quantitative estimate of drug-likeness (QED) is 0.124. The number of benzene rings is 4. The number of halogens is 2. The lowest BCUT2D eigenvalue weighted by Gasteiger charge is -2.03. The molecular formula is C36H25Cl2N7O8S2. The van der Waals surface area contributed by atoms with Crippen LogP contribution in [0.5, 0.6) is 11.5 Å². The minimum Gasteiger partial charge on any atom is -0.494 e. The van der Waals surface area contributed by atoms with Crippen molar-refractivity contribution in [1.82, 2.24) is 30.4 Å². The molecule has 0 radical (unpaired) electrons. The SMILES string of the molecule is COC(=O)c1cc(-c2nnc(Nc3nc4c(OC)cccc4s3)o2)ccc1Cl.COc1cccc2sc(Cc3nnc(-c4ccc(Cl)c(C(=O)O)c4)o3)nc12. The van der Waals surface area contributed by atoms with Gasteiger partial charge in [0.05, 0.1) is 58.3 Å². The van der Waals surface area contributed by atoms with Gasteiger partial charge in [-0.25, -0.2) is 19.6 Å². The number of methoxy groups -OCH3 is 3. The van der Waals surface area contributed by atoms with Crippen molar-refractivity contribution < 1.29 is 37.7 Å². The van der Waals surface area contributed by atoms with Crippen molar-refractivity contribution in [3.8, 4) is 34.4 Å². The number of anilines is 2. The van der Waals surface area contributed by atoms with Crippen molar-refractivity contribution in [3.63, 3.8) is 0 Å². The predicted molar refractivity (Wildman–Crippen MR) is 206 cm³/mol. The molecule has 0 spiro atoms. The Bertz CT molecular complexity index is 2690. The van der Waals surface area contributed by atoms with Gasteiger partial charge >= 0.3 is 18.0 Å². The molecule has 0 aliphatic rings. The van der Waals surface area contributed by atoms with Gasteiger partial charge in [-0.15, -0.1) is 26.6 Å². The van der Waals surface area contributed by atoms with E-state index in [1.807, 2.05) is 36.4 Å². The second-order valence-corrected chi connectivity index (χ2v) is 14.1. The van der Waals surface area contributed by atoms with Gasteiger partial charge in [0.15, 0.2) is 5.13 Å². The van der Waals surface area contributed by atoms with Gasteiger partial charge in [-0.1, -0.05) is 51.8 Å². The fourth-order valence-electron chi connectivity index (χ4n) is 5.15. The van der Waals surface area contributed by atoms with Gasteiger partial charge in [0, 0.05) is 11.1 Å². The summed E-state index contributed by atoms with van der Waals surface area (Å²) in [6.45, 7) is 0. The Morgan fingerprint density at radius 1 is 0.745 bits per heavy atom. The number of hydrogen-bond acceptors (Lipinski definition) is 16. The molecule has 0 bridgehead atoms. The summed E-state index contributed by atoms with van der Waals surface area (Å²) in [6, 6.07) is 20.9. The normalized spacial score (nSPS) is 10.9. The number of para-hydroxylation sites is 2. The largest absolute Gasteiger partial charge is 0.494 e. The first-order chi connectivity index (χ1) is 26.6. The maximum absolute atomic E-state index is 11.8. The molecule has 0 aliphatic heterocycles. The van der Waals surface area contributed by atoms with Crippen molar-refractivity contribution in [1.29, 1.82) is 0 Å². The molecule has 0 unspecified atom stereocenters. The number of thiazole rings is 2. The van der Waals surface area contributed by atoms with E-state index in [0.717, 1.165) is 25.4 Å². The zero-order valence-corrected chi connectivity index (χ0v) is 31.8. The van der Waals surface area contributed by atoms with Crippen LogP contribution in [0.4, 0.5) is 11.1 Å². The number of carbonyl (C=O) groups is 2. The number of carboxylic acid groups (broad SMARTS) is 1. The van der Waals surface area contributed by atoms with Gasteiger partial charge in [-0.3, -0.25) is 5.32 Å². The van der Waals surface area contributed by atoms with Crippen LogP contribution in [0.3, 0.4) is 0 Å². The molecule has 55 heavy (non-hydrogen) atoms. The van der Waals surface area contributed by atoms with E-state index >= 15 is 0 Å². The zero-order chi connectivity index (χ0) is 38.6. The van der Waals surface area contributed by atoms with Crippen molar-refractivity contribution in [2.24, 2.45) is 0 Å². The Morgan fingerprint density at radius 2 is 1.35 bits per heavy atom. The molecule has 278 valence electrons. The molecule has 8 aromatic rings. The number of carbonyl (C=O) groups excluding carboxylic acids is 1. The van der Waals surface area contributed by atoms with Gasteiger partial charge in [0.25, 0.3) is 0 Å². The van der Waals surface area contributed by atoms with Crippen molar-refractivity contribution in [2.75, 3.05) is 26.6 Å². The second-order valence-electron chi connectivity index (χ2n) is 11.1. The standard InChI is InChI=1S/C18H13ClN4O4S.C18H12ClN3O4S/c1-25-12-4-3-5-13-14(12)20-18(28-13)21-17-23-22-15(27-17)9-6-7-11(19)10(8-9)16(24)26-2;1-25-12-3-2-4-13-16(12)20-15(27-13)8-14-21-22-17(26-14)9-5-6-11(19)10(7-9)18(23)24/h3-8H,1-2H3,(H,20,21,23);2-7H,8H2,1H3,(H,23,24). The van der Waals surface area contributed by atoms with E-state index in [1.54, 1.807) is 32.4 Å². The Kier molecular flexibility index (Phi) is 10.9. The van der Waals surface area contributed by atoms with Crippen molar-refractivity contribution in [2.45, 2.75) is 6.42 Å². The highest BCUT2D eigenvalue weighted by Crippen LogP contribution is 2.35. The summed E-state index contributed by atoms with van der Waals surface area (Å²) >= 11 is 14.9. The summed E-state index contributed by atoms with van der Waals surface area (Å²) in [6.07, 6.45) is 0.370. The van der Waals surface area contributed by atoms with Crippen LogP contribution in [0.25, 0.3) is 43.3 Å². The molecule has 19 heteroatoms. The van der Waals surface area contributed by atoms with Gasteiger partial charge in [0.1, 0.15) is 27.5 Å². The van der Waals surface area contributed by atoms with Crippen LogP contribution < -0.4 is 14.8 Å². The minimum absolute atomic E-state index is 0.0211. The van der Waals surface area contributed by atoms with Gasteiger partial charge < -0.3 is 28.2 Å². The third kappa shape index (κ3) is 8.04. The maximum Gasteiger partial charge on any atom is 0.339 e. The Balaban J connectivity index is 0.000000169. The lowest BCUT2D eigenvalue weighted by Crippen LogP contribution is -2.02. The maximum atomic E-state index is 11.8. The lowest BCUT2D eigenvalue weighted by molar-refractivity contribution is 0.0600. The van der Waals surface area contributed by atoms with E-state index in [0.29, 0.717) is 40.1 Å². The minimum atomic E-state index is -1.12. The summed E-state index contributed by atoms with van der Waals surface area (Å²) in [5.41, 5.74) is 2.76. The molecule has 0 amide bonds. The fraction of sp³-hybridized carbons (Fsp3) is 0.111. The molecule has 0 fully saturated rings. The summed E-state index contributed by atoms with van der Waals surface area (Å²) < 4.78 is 28.7. The Morgan fingerprint density at radius 3 is 2.00 bits per heavy atom. The summed E-state index contributed by atoms with van der Waals surface area (Å²) in [5.74, 6) is 0.562. The number of esters is 1. The Hall–Kier alpha value is -6.14. The highest BCUT2D eigenvalue weighted by Gasteiger charge is 2.18. The first-order valence-electron chi connectivity index (χ1n) is 15.8. The van der Waals surface area contributed by atoms with Crippen LogP contribution in [0.15, 0.2) is 81.6 Å². The third-order valence-corrected chi connectivity index (χ3v) is 10.3. The van der Waals surface area contributed by atoms with Gasteiger partial charge in [-0.05, 0) is 60.7 Å². The molecule has 15 nitrogen and oxygen atoms in total. The molecule has 4 aromatic heterocycles. The predicted octanol–water partition coefficient (Wildman–Crippen LogP) is 8.84. The molecule has 0 aliphatic carbocycles. The second kappa shape index (κ2) is 16.1. The number of carboxylic acids is 1. The molecular weight excluding hydrogens is 793 g/mol. The number of ether oxygens (including phenoxy) is 3. The van der Waals surface area contributed by atoms with Crippen LogP contribution in [0.2, 0.25) is 10.0 Å². The lowest BCUT2D eigenvalue weighted by atomic mass is 10.1. The summed E-state index contributed by atoms with van der Waals surface area (Å²) in [7, 11) is 4.49. The van der Waals surface area contributed by atoms with Crippen LogP contribution in [-0.4, -0.2) is 68.7 Å². The summed E-state index contributed by atoms with van der Waals surface area (Å²) in [4.78, 5) is 32.1. The number of nitrogens with zero attached hydrogens (tertiary/aromatic N) is 6. The monoisotopic (exact) mass is 817 g/mol. The number of rotatable bonds is 10. The van der Waals surface area contributed by atoms with E-state index < -0.39 is 11.9 Å². The molecule has 4 aromatic carbocycles. The molecule has 0 saturated carbocycles. The van der Waals surface area contributed by atoms with E-state index in [-0.39, 0.29) is 39.0 Å². The van der Waals surface area contributed by atoms with Crippen LogP contribution in [0, 0.1) is 0 Å². The third-order valence-electron chi connectivity index (χ3n) is 7.72. The average molecular weight is 819 g/mol. The van der Waals surface area contributed by atoms with Gasteiger partial charge in [-0.2, -0.15) is 0 Å². The number of aromatic carboxylic acids is 1. The summed E-state index contributed by atoms with van der Waals surface area (Å²) in [5, 5.41) is 30.0. The molecule has 2 N–H and O–H groups in total. The average Bonchev–Trinajstić information content (AvgIpc) is 4.02. The number of fused-ring (bicyclic) bond motifs is 2. The smallest absolute Gasteiger partial charge is 0.339 e. The van der Waals surface area contributed by atoms with E-state index in [2.05, 4.69) is 35.7 Å². The Labute approximate surface area is 328 Å². The van der Waals surface area contributed by atoms with Crippen molar-refractivity contribution in [3.05, 3.63) is 105 Å². The molecule has 0 saturated heterocycles. The molecule has 0 atom stereocenters. The number of hydrogen-bond donors (Lipinski definition) is 2. The van der Waals surface area contributed by atoms with Crippen LogP contribution >= 0.6 is 45.9 Å². The fourth-order valence-corrected chi connectivity index (χ4v) is 7.39. The van der Waals surface area contributed by atoms with E-state index in [1.165, 1.54) is 48.0 Å². The molecule has 8 rings (SSSR count).